The quantitative estimate of drug-likeness (QED) is 0.589. The Bertz CT molecular complexity index is 1100. The number of aromatic nitrogens is 1. The number of fused-ring (bicyclic) bond motifs is 2. The number of nitrogens with two attached hydrogens (primary N) is 1. The van der Waals surface area contributed by atoms with Crippen LogP contribution in [0.3, 0.4) is 0 Å². The Labute approximate surface area is 168 Å². The van der Waals surface area contributed by atoms with Crippen molar-refractivity contribution in [3.8, 4) is 5.88 Å². The summed E-state index contributed by atoms with van der Waals surface area (Å²) in [6.07, 6.45) is 0.624. The number of ketones is 1. The predicted molar refractivity (Wildman–Crippen MR) is 114 cm³/mol. The minimum Gasteiger partial charge on any atom is -0.494 e. The molecule has 1 amide bonds. The zero-order chi connectivity index (χ0) is 21.0. The van der Waals surface area contributed by atoms with Crippen LogP contribution in [0.4, 0.5) is 10.5 Å². The maximum atomic E-state index is 12.8. The number of aromatic hydroxyl groups is 1. The molecule has 2 heterocycles. The SMILES string of the molecule is CC.NCCCNC(=O)n1c(O)c(C2=Nc3ccccc3C2=O)c2ccccc21. The maximum absolute atomic E-state index is 12.8. The average Bonchev–Trinajstić information content (AvgIpc) is 3.23. The molecule has 4 rings (SSSR count). The highest BCUT2D eigenvalue weighted by Gasteiger charge is 2.32. The Hall–Kier alpha value is -3.45. The van der Waals surface area contributed by atoms with Crippen molar-refractivity contribution < 1.29 is 14.7 Å². The molecule has 7 heteroatoms. The number of nitrogens with one attached hydrogen (secondary N) is 1. The molecule has 0 spiro atoms. The second kappa shape index (κ2) is 8.70. The molecule has 0 saturated heterocycles. The summed E-state index contributed by atoms with van der Waals surface area (Å²) in [6, 6.07) is 13.6. The van der Waals surface area contributed by atoms with E-state index in [2.05, 4.69) is 10.3 Å². The lowest BCUT2D eigenvalue weighted by Gasteiger charge is -2.07. The van der Waals surface area contributed by atoms with Gasteiger partial charge in [-0.3, -0.25) is 4.79 Å². The van der Waals surface area contributed by atoms with E-state index in [1.54, 1.807) is 48.5 Å². The summed E-state index contributed by atoms with van der Waals surface area (Å²) in [5.74, 6) is -0.575. The maximum Gasteiger partial charge on any atom is 0.328 e. The van der Waals surface area contributed by atoms with E-state index in [4.69, 9.17) is 5.73 Å². The number of aliphatic imine (C=N–C) groups is 1. The summed E-state index contributed by atoms with van der Waals surface area (Å²) >= 11 is 0. The van der Waals surface area contributed by atoms with Gasteiger partial charge in [-0.2, -0.15) is 0 Å². The zero-order valence-corrected chi connectivity index (χ0v) is 16.5. The van der Waals surface area contributed by atoms with E-state index in [1.807, 2.05) is 13.8 Å². The lowest BCUT2D eigenvalue weighted by molar-refractivity contribution is 0.107. The highest BCUT2D eigenvalue weighted by Crippen LogP contribution is 2.37. The van der Waals surface area contributed by atoms with Crippen molar-refractivity contribution in [1.82, 2.24) is 9.88 Å². The molecule has 1 aromatic heterocycles. The third kappa shape index (κ3) is 3.52. The molecule has 0 aliphatic carbocycles. The number of amides is 1. The number of benzene rings is 2. The fourth-order valence-corrected chi connectivity index (χ4v) is 3.27. The fraction of sp³-hybridized carbons (Fsp3) is 0.227. The Balaban J connectivity index is 0.00000117. The van der Waals surface area contributed by atoms with Gasteiger partial charge < -0.3 is 16.2 Å². The van der Waals surface area contributed by atoms with Crippen LogP contribution in [0.1, 0.15) is 36.2 Å². The molecule has 2 aromatic carbocycles. The number of carbonyl (C=O) groups is 2. The van der Waals surface area contributed by atoms with Crippen molar-refractivity contribution >= 4 is 34.1 Å². The first-order chi connectivity index (χ1) is 14.1. The van der Waals surface area contributed by atoms with Gasteiger partial charge in [-0.25, -0.2) is 14.4 Å². The van der Waals surface area contributed by atoms with Gasteiger partial charge in [-0.15, -0.1) is 0 Å². The normalized spacial score (nSPS) is 12.2. The molecule has 3 aromatic rings. The molecule has 1 aliphatic rings. The topological polar surface area (TPSA) is 110 Å². The lowest BCUT2D eigenvalue weighted by Crippen LogP contribution is -2.30. The van der Waals surface area contributed by atoms with Crippen LogP contribution in [-0.4, -0.2) is 40.3 Å². The average molecular weight is 392 g/mol. The van der Waals surface area contributed by atoms with E-state index in [9.17, 15) is 14.7 Å². The standard InChI is InChI=1S/C20H18N4O3.C2H6/c21-10-5-11-22-20(27)24-15-9-4-2-7-13(15)16(19(24)26)17-18(25)12-6-1-3-8-14(12)23-17;1-2/h1-4,6-9,26H,5,10-11,21H2,(H,22,27);1-2H3. The predicted octanol–water partition coefficient (Wildman–Crippen LogP) is 3.60. The van der Waals surface area contributed by atoms with Gasteiger partial charge in [0.05, 0.1) is 16.8 Å². The van der Waals surface area contributed by atoms with Gasteiger partial charge >= 0.3 is 6.03 Å². The summed E-state index contributed by atoms with van der Waals surface area (Å²) in [7, 11) is 0. The molecule has 0 atom stereocenters. The largest absolute Gasteiger partial charge is 0.494 e. The minimum atomic E-state index is -0.480. The van der Waals surface area contributed by atoms with E-state index in [0.29, 0.717) is 41.7 Å². The van der Waals surface area contributed by atoms with E-state index < -0.39 is 6.03 Å². The van der Waals surface area contributed by atoms with Crippen LogP contribution in [0.5, 0.6) is 5.88 Å². The molecule has 4 N–H and O–H groups in total. The molecule has 29 heavy (non-hydrogen) atoms. The second-order valence-corrected chi connectivity index (χ2v) is 6.23. The van der Waals surface area contributed by atoms with Crippen LogP contribution in [0.15, 0.2) is 53.5 Å². The highest BCUT2D eigenvalue weighted by atomic mass is 16.3. The third-order valence-corrected chi connectivity index (χ3v) is 4.54. The van der Waals surface area contributed by atoms with Crippen LogP contribution in [0.25, 0.3) is 10.9 Å². The molecular formula is C22H24N4O3. The summed E-state index contributed by atoms with van der Waals surface area (Å²) < 4.78 is 1.17. The molecular weight excluding hydrogens is 368 g/mol. The molecule has 150 valence electrons. The van der Waals surface area contributed by atoms with Crippen molar-refractivity contribution in [3.05, 3.63) is 59.7 Å². The zero-order valence-electron chi connectivity index (χ0n) is 16.5. The van der Waals surface area contributed by atoms with Gasteiger partial charge in [0.2, 0.25) is 11.7 Å². The lowest BCUT2D eigenvalue weighted by atomic mass is 10.0. The Kier molecular flexibility index (Phi) is 6.09. The molecule has 0 fully saturated rings. The number of Topliss-reactive ketones (excluding diaryl/α,β-unsaturated/α-hetero) is 1. The van der Waals surface area contributed by atoms with Crippen LogP contribution < -0.4 is 11.1 Å². The molecule has 0 radical (unpaired) electrons. The van der Waals surface area contributed by atoms with E-state index in [-0.39, 0.29) is 22.9 Å². The van der Waals surface area contributed by atoms with Crippen molar-refractivity contribution in [2.24, 2.45) is 10.7 Å². The summed E-state index contributed by atoms with van der Waals surface area (Å²) in [6.45, 7) is 4.84. The van der Waals surface area contributed by atoms with Gasteiger partial charge in [0.15, 0.2) is 0 Å². The smallest absolute Gasteiger partial charge is 0.328 e. The molecule has 7 nitrogen and oxygen atoms in total. The minimum absolute atomic E-state index is 0.137. The van der Waals surface area contributed by atoms with E-state index in [0.717, 1.165) is 0 Å². The number of nitrogens with zero attached hydrogens (tertiary/aromatic N) is 2. The first-order valence-corrected chi connectivity index (χ1v) is 9.67. The summed E-state index contributed by atoms with van der Waals surface area (Å²) in [4.78, 5) is 29.8. The van der Waals surface area contributed by atoms with Crippen molar-refractivity contribution in [2.75, 3.05) is 13.1 Å². The van der Waals surface area contributed by atoms with Gasteiger partial charge in [0.1, 0.15) is 5.71 Å². The first-order valence-electron chi connectivity index (χ1n) is 9.67. The summed E-state index contributed by atoms with van der Waals surface area (Å²) in [5.41, 5.74) is 7.40. The van der Waals surface area contributed by atoms with Gasteiger partial charge in [0, 0.05) is 17.5 Å². The third-order valence-electron chi connectivity index (χ3n) is 4.54. The number of para-hydroxylation sites is 2. The molecule has 0 saturated carbocycles. The van der Waals surface area contributed by atoms with Crippen LogP contribution in [0, 0.1) is 0 Å². The molecule has 0 unspecified atom stereocenters. The van der Waals surface area contributed by atoms with Crippen molar-refractivity contribution in [1.29, 1.82) is 0 Å². The van der Waals surface area contributed by atoms with Crippen LogP contribution in [-0.2, 0) is 0 Å². The summed E-state index contributed by atoms with van der Waals surface area (Å²) in [5, 5.41) is 14.2. The van der Waals surface area contributed by atoms with Gasteiger partial charge in [-0.05, 0) is 31.2 Å². The molecule has 0 bridgehead atoms. The van der Waals surface area contributed by atoms with Crippen molar-refractivity contribution in [3.63, 3.8) is 0 Å². The van der Waals surface area contributed by atoms with Crippen LogP contribution >= 0.6 is 0 Å². The Morgan fingerprint density at radius 1 is 1.14 bits per heavy atom. The number of carbonyl (C=O) groups excluding carboxylic acids is 2. The second-order valence-electron chi connectivity index (χ2n) is 6.23. The number of rotatable bonds is 4. The van der Waals surface area contributed by atoms with Crippen LogP contribution in [0.2, 0.25) is 0 Å². The van der Waals surface area contributed by atoms with Gasteiger partial charge in [0.25, 0.3) is 0 Å². The first kappa shape index (κ1) is 20.3. The number of hydrogen-bond donors (Lipinski definition) is 3. The number of hydrogen-bond acceptors (Lipinski definition) is 5. The Morgan fingerprint density at radius 3 is 2.55 bits per heavy atom. The Morgan fingerprint density at radius 2 is 1.83 bits per heavy atom. The van der Waals surface area contributed by atoms with Gasteiger partial charge in [-0.1, -0.05) is 44.2 Å². The van der Waals surface area contributed by atoms with E-state index in [1.165, 1.54) is 4.57 Å². The monoisotopic (exact) mass is 392 g/mol. The van der Waals surface area contributed by atoms with E-state index >= 15 is 0 Å². The highest BCUT2D eigenvalue weighted by molar-refractivity contribution is 6.56. The van der Waals surface area contributed by atoms with Crippen molar-refractivity contribution in [2.45, 2.75) is 20.3 Å². The molecule has 1 aliphatic heterocycles. The fourth-order valence-electron chi connectivity index (χ4n) is 3.27.